The van der Waals surface area contributed by atoms with E-state index in [2.05, 4.69) is 25.7 Å². The maximum Gasteiger partial charge on any atom is 0.222 e. The van der Waals surface area contributed by atoms with Crippen LogP contribution in [0.5, 0.6) is 0 Å². The number of carbonyl (C=O) groups is 2. The van der Waals surface area contributed by atoms with E-state index in [1.165, 1.54) is 12.8 Å². The Labute approximate surface area is 140 Å². The summed E-state index contributed by atoms with van der Waals surface area (Å²) in [5.41, 5.74) is 0.207. The molecular weight excluding hydrogens is 286 g/mol. The number of piperidine rings is 1. The number of rotatable bonds is 0. The van der Waals surface area contributed by atoms with Gasteiger partial charge in [-0.05, 0) is 61.2 Å². The number of hydrogen-bond acceptors (Lipinski definition) is 2. The van der Waals surface area contributed by atoms with Crippen LogP contribution in [-0.4, -0.2) is 29.7 Å². The Bertz CT molecular complexity index is 558. The van der Waals surface area contributed by atoms with E-state index >= 15 is 0 Å². The second-order valence-corrected chi connectivity index (χ2v) is 9.46. The van der Waals surface area contributed by atoms with Gasteiger partial charge in [0.05, 0.1) is 0 Å². The summed E-state index contributed by atoms with van der Waals surface area (Å²) in [4.78, 5) is 26.8. The van der Waals surface area contributed by atoms with Crippen LogP contribution in [0.4, 0.5) is 0 Å². The Kier molecular flexibility index (Phi) is 3.29. The van der Waals surface area contributed by atoms with E-state index in [1.54, 1.807) is 0 Å². The van der Waals surface area contributed by atoms with Crippen LogP contribution in [-0.2, 0) is 9.59 Å². The largest absolute Gasteiger partial charge is 0.342 e. The van der Waals surface area contributed by atoms with Crippen LogP contribution in [0, 0.1) is 34.5 Å². The lowest BCUT2D eigenvalue weighted by atomic mass is 9.47. The number of likely N-dealkylation sites (tertiary alicyclic amines) is 1. The van der Waals surface area contributed by atoms with Crippen molar-refractivity contribution < 1.29 is 9.59 Å². The predicted octanol–water partition coefficient (Wildman–Crippen LogP) is 3.66. The van der Waals surface area contributed by atoms with Crippen LogP contribution in [0.15, 0.2) is 0 Å². The molecule has 1 amide bonds. The molecule has 0 N–H and O–H groups in total. The summed E-state index contributed by atoms with van der Waals surface area (Å²) >= 11 is 0. The molecule has 4 fully saturated rings. The summed E-state index contributed by atoms with van der Waals surface area (Å²) < 4.78 is 0. The van der Waals surface area contributed by atoms with E-state index in [0.29, 0.717) is 47.8 Å². The zero-order chi connectivity index (χ0) is 16.6. The average Bonchev–Trinajstić information content (AvgIpc) is 2.73. The Morgan fingerprint density at radius 1 is 1.09 bits per heavy atom. The van der Waals surface area contributed by atoms with Gasteiger partial charge in [0.25, 0.3) is 0 Å². The molecule has 4 rings (SSSR count). The second kappa shape index (κ2) is 4.83. The number of fused-ring (bicyclic) bond motifs is 5. The molecule has 0 aromatic heterocycles. The van der Waals surface area contributed by atoms with E-state index in [9.17, 15) is 9.59 Å². The van der Waals surface area contributed by atoms with E-state index in [-0.39, 0.29) is 10.8 Å². The molecule has 1 saturated heterocycles. The molecule has 0 radical (unpaired) electrons. The van der Waals surface area contributed by atoms with Crippen LogP contribution >= 0.6 is 0 Å². The minimum absolute atomic E-state index is 0.0554. The molecule has 7 atom stereocenters. The molecule has 0 spiro atoms. The van der Waals surface area contributed by atoms with Crippen LogP contribution < -0.4 is 0 Å². The minimum Gasteiger partial charge on any atom is -0.342 e. The molecule has 128 valence electrons. The Morgan fingerprint density at radius 2 is 1.83 bits per heavy atom. The molecule has 3 aliphatic carbocycles. The summed E-state index contributed by atoms with van der Waals surface area (Å²) in [7, 11) is 2.01. The number of nitrogens with zero attached hydrogens (tertiary/aromatic N) is 1. The van der Waals surface area contributed by atoms with Crippen molar-refractivity contribution in [3.8, 4) is 0 Å². The Hall–Kier alpha value is -0.860. The fraction of sp³-hybridized carbons (Fsp3) is 0.900. The highest BCUT2D eigenvalue weighted by Crippen LogP contribution is 2.64. The minimum atomic E-state index is -0.0554. The van der Waals surface area contributed by atoms with Gasteiger partial charge in [0, 0.05) is 31.3 Å². The summed E-state index contributed by atoms with van der Waals surface area (Å²) in [6.07, 6.45) is 7.15. The fourth-order valence-electron chi connectivity index (χ4n) is 7.43. The third kappa shape index (κ3) is 1.88. The first-order valence-corrected chi connectivity index (χ1v) is 9.58. The Balaban J connectivity index is 1.69. The Morgan fingerprint density at radius 3 is 2.57 bits per heavy atom. The predicted molar refractivity (Wildman–Crippen MR) is 89.7 cm³/mol. The maximum absolute atomic E-state index is 12.6. The van der Waals surface area contributed by atoms with Gasteiger partial charge in [0.15, 0.2) is 0 Å². The molecule has 3 heteroatoms. The first kappa shape index (κ1) is 15.7. The van der Waals surface area contributed by atoms with Crippen molar-refractivity contribution in [1.29, 1.82) is 0 Å². The van der Waals surface area contributed by atoms with Gasteiger partial charge in [0.1, 0.15) is 5.78 Å². The SMILES string of the molecule is C[C@H]1CC(=O)[C@@]2(C)CCC3C(CC[C@H]4N(C)C(=O)CC[C@]34C)C12. The van der Waals surface area contributed by atoms with Gasteiger partial charge in [-0.25, -0.2) is 0 Å². The van der Waals surface area contributed by atoms with Gasteiger partial charge in [-0.1, -0.05) is 20.8 Å². The molecule has 0 bridgehead atoms. The van der Waals surface area contributed by atoms with Crippen molar-refractivity contribution in [2.24, 2.45) is 34.5 Å². The number of carbonyl (C=O) groups excluding carboxylic acids is 2. The van der Waals surface area contributed by atoms with Crippen LogP contribution in [0.1, 0.15) is 65.7 Å². The van der Waals surface area contributed by atoms with Crippen molar-refractivity contribution in [1.82, 2.24) is 4.90 Å². The first-order chi connectivity index (χ1) is 10.8. The zero-order valence-corrected chi connectivity index (χ0v) is 15.1. The van der Waals surface area contributed by atoms with Gasteiger partial charge in [-0.15, -0.1) is 0 Å². The highest BCUT2D eigenvalue weighted by Gasteiger charge is 2.62. The van der Waals surface area contributed by atoms with Crippen LogP contribution in [0.3, 0.4) is 0 Å². The van der Waals surface area contributed by atoms with Crippen molar-refractivity contribution >= 4 is 11.7 Å². The van der Waals surface area contributed by atoms with Gasteiger partial charge in [-0.2, -0.15) is 0 Å². The van der Waals surface area contributed by atoms with Gasteiger partial charge >= 0.3 is 0 Å². The van der Waals surface area contributed by atoms with Crippen LogP contribution in [0.25, 0.3) is 0 Å². The number of ketones is 1. The standard InChI is InChI=1S/C20H31NO2/c1-12-11-16(22)20(3)9-7-14-13(18(12)20)5-6-15-19(14,2)10-8-17(23)21(15)4/h12-15,18H,5-11H2,1-4H3/t12-,13?,14?,15+,18?,19+,20+/m0/s1. The van der Waals surface area contributed by atoms with Gasteiger partial charge in [0.2, 0.25) is 5.91 Å². The van der Waals surface area contributed by atoms with Gasteiger partial charge < -0.3 is 4.90 Å². The van der Waals surface area contributed by atoms with E-state index in [1.807, 2.05) is 7.05 Å². The smallest absolute Gasteiger partial charge is 0.222 e. The lowest BCUT2D eigenvalue weighted by Crippen LogP contribution is -2.61. The average molecular weight is 317 g/mol. The molecule has 3 unspecified atom stereocenters. The van der Waals surface area contributed by atoms with E-state index in [4.69, 9.17) is 0 Å². The fourth-order valence-corrected chi connectivity index (χ4v) is 7.43. The molecule has 1 heterocycles. The lowest BCUT2D eigenvalue weighted by molar-refractivity contribution is -0.160. The summed E-state index contributed by atoms with van der Waals surface area (Å²) in [6, 6.07) is 0.418. The summed E-state index contributed by atoms with van der Waals surface area (Å²) in [5, 5.41) is 0. The summed E-state index contributed by atoms with van der Waals surface area (Å²) in [5.74, 6) is 3.37. The molecule has 3 saturated carbocycles. The molecule has 0 aromatic rings. The maximum atomic E-state index is 12.6. The number of Topliss-reactive ketones (excluding diaryl/α,β-unsaturated/α-hetero) is 1. The van der Waals surface area contributed by atoms with Crippen molar-refractivity contribution in [2.75, 3.05) is 7.05 Å². The molecule has 23 heavy (non-hydrogen) atoms. The lowest BCUT2D eigenvalue weighted by Gasteiger charge is -2.61. The third-order valence-corrected chi connectivity index (χ3v) is 8.57. The highest BCUT2D eigenvalue weighted by atomic mass is 16.2. The molecule has 1 aliphatic heterocycles. The normalized spacial score (nSPS) is 52.9. The monoisotopic (exact) mass is 317 g/mol. The highest BCUT2D eigenvalue weighted by molar-refractivity contribution is 5.87. The third-order valence-electron chi connectivity index (χ3n) is 8.57. The summed E-state index contributed by atoms with van der Waals surface area (Å²) in [6.45, 7) is 7.01. The van der Waals surface area contributed by atoms with Crippen molar-refractivity contribution in [2.45, 2.75) is 71.8 Å². The van der Waals surface area contributed by atoms with Crippen molar-refractivity contribution in [3.05, 3.63) is 0 Å². The number of hydrogen-bond donors (Lipinski definition) is 0. The molecular formula is C20H31NO2. The quantitative estimate of drug-likeness (QED) is 0.683. The van der Waals surface area contributed by atoms with E-state index < -0.39 is 0 Å². The molecule has 0 aromatic carbocycles. The van der Waals surface area contributed by atoms with Crippen molar-refractivity contribution in [3.63, 3.8) is 0 Å². The van der Waals surface area contributed by atoms with E-state index in [0.717, 1.165) is 25.7 Å². The number of amides is 1. The van der Waals surface area contributed by atoms with Gasteiger partial charge in [-0.3, -0.25) is 9.59 Å². The molecule has 3 nitrogen and oxygen atoms in total. The molecule has 4 aliphatic rings. The second-order valence-electron chi connectivity index (χ2n) is 9.46. The first-order valence-electron chi connectivity index (χ1n) is 9.58. The topological polar surface area (TPSA) is 37.4 Å². The zero-order valence-electron chi connectivity index (χ0n) is 15.1. The van der Waals surface area contributed by atoms with Crippen LogP contribution in [0.2, 0.25) is 0 Å².